The van der Waals surface area contributed by atoms with Crippen LogP contribution < -0.4 is 5.32 Å². The van der Waals surface area contributed by atoms with Gasteiger partial charge >= 0.3 is 0 Å². The average Bonchev–Trinajstić information content (AvgIpc) is 2.92. The van der Waals surface area contributed by atoms with E-state index in [1.807, 2.05) is 6.07 Å². The molecule has 0 amide bonds. The minimum absolute atomic E-state index is 0.164. The molecule has 0 fully saturated rings. The molecular weight excluding hydrogens is 233 g/mol. The van der Waals surface area contributed by atoms with E-state index in [0.717, 1.165) is 18.4 Å². The molecule has 3 rings (SSSR count). The zero-order valence-corrected chi connectivity index (χ0v) is 10.1. The molecule has 1 aliphatic carbocycles. The first-order chi connectivity index (χ1) is 8.72. The van der Waals surface area contributed by atoms with Crippen LogP contribution in [0.4, 0.5) is 4.39 Å². The zero-order chi connectivity index (χ0) is 12.5. The highest BCUT2D eigenvalue weighted by Crippen LogP contribution is 2.31. The highest BCUT2D eigenvalue weighted by atomic mass is 19.1. The Hall–Kier alpha value is -1.75. The second-order valence-corrected chi connectivity index (χ2v) is 4.54. The van der Waals surface area contributed by atoms with Gasteiger partial charge in [-0.15, -0.1) is 0 Å². The van der Waals surface area contributed by atoms with E-state index in [-0.39, 0.29) is 11.9 Å². The van der Waals surface area contributed by atoms with E-state index >= 15 is 0 Å². The molecule has 0 saturated heterocycles. The van der Waals surface area contributed by atoms with Crippen molar-refractivity contribution >= 4 is 0 Å². The van der Waals surface area contributed by atoms with Gasteiger partial charge in [0.2, 0.25) is 5.89 Å². The summed E-state index contributed by atoms with van der Waals surface area (Å²) in [5.74, 6) is 1.06. The number of fused-ring (bicyclic) bond motifs is 1. The van der Waals surface area contributed by atoms with Gasteiger partial charge < -0.3 is 9.84 Å². The van der Waals surface area contributed by atoms with Gasteiger partial charge in [0.05, 0.1) is 6.54 Å². The van der Waals surface area contributed by atoms with Gasteiger partial charge in [-0.3, -0.25) is 0 Å². The third-order valence-corrected chi connectivity index (χ3v) is 3.26. The van der Waals surface area contributed by atoms with Crippen molar-refractivity contribution in [3.05, 3.63) is 46.9 Å². The maximum atomic E-state index is 13.1. The average molecular weight is 247 g/mol. The molecule has 1 heterocycles. The summed E-state index contributed by atoms with van der Waals surface area (Å²) < 4.78 is 18.0. The van der Waals surface area contributed by atoms with Gasteiger partial charge in [0, 0.05) is 13.0 Å². The first-order valence-corrected chi connectivity index (χ1v) is 6.03. The molecule has 94 valence electrons. The lowest BCUT2D eigenvalue weighted by Crippen LogP contribution is -2.19. The molecule has 2 aromatic rings. The van der Waals surface area contributed by atoms with Crippen molar-refractivity contribution in [2.45, 2.75) is 32.4 Å². The Bertz CT molecular complexity index is 567. The number of nitrogens with one attached hydrogen (secondary N) is 1. The second-order valence-electron chi connectivity index (χ2n) is 4.54. The molecule has 0 saturated carbocycles. The molecule has 5 heteroatoms. The topological polar surface area (TPSA) is 51.0 Å². The number of rotatable bonds is 3. The van der Waals surface area contributed by atoms with Gasteiger partial charge in [0.1, 0.15) is 5.82 Å². The summed E-state index contributed by atoms with van der Waals surface area (Å²) in [7, 11) is 0. The molecule has 0 bridgehead atoms. The lowest BCUT2D eigenvalue weighted by molar-refractivity contribution is 0.383. The highest BCUT2D eigenvalue weighted by molar-refractivity contribution is 5.34. The van der Waals surface area contributed by atoms with Crippen LogP contribution in [-0.4, -0.2) is 10.1 Å². The molecule has 18 heavy (non-hydrogen) atoms. The third-order valence-electron chi connectivity index (χ3n) is 3.26. The molecule has 1 aliphatic rings. The Morgan fingerprint density at radius 3 is 3.17 bits per heavy atom. The molecule has 0 aliphatic heterocycles. The number of hydrogen-bond acceptors (Lipinski definition) is 4. The van der Waals surface area contributed by atoms with Crippen LogP contribution in [0.5, 0.6) is 0 Å². The number of aryl methyl sites for hydroxylation is 2. The summed E-state index contributed by atoms with van der Waals surface area (Å²) in [5.41, 5.74) is 2.27. The van der Waals surface area contributed by atoms with Crippen LogP contribution in [0, 0.1) is 12.7 Å². The SMILES string of the molecule is Cc1nc(CNC2CCc3cc(F)ccc32)no1. The van der Waals surface area contributed by atoms with Crippen LogP contribution in [0.25, 0.3) is 0 Å². The van der Waals surface area contributed by atoms with Crippen LogP contribution in [0.1, 0.15) is 35.3 Å². The van der Waals surface area contributed by atoms with Crippen molar-refractivity contribution in [3.8, 4) is 0 Å². The largest absolute Gasteiger partial charge is 0.340 e. The van der Waals surface area contributed by atoms with Gasteiger partial charge in [-0.2, -0.15) is 4.98 Å². The van der Waals surface area contributed by atoms with Crippen LogP contribution >= 0.6 is 0 Å². The maximum Gasteiger partial charge on any atom is 0.223 e. The zero-order valence-electron chi connectivity index (χ0n) is 10.1. The Morgan fingerprint density at radius 1 is 1.50 bits per heavy atom. The summed E-state index contributed by atoms with van der Waals surface area (Å²) in [6.07, 6.45) is 1.89. The van der Waals surface area contributed by atoms with E-state index in [9.17, 15) is 4.39 Å². The first-order valence-electron chi connectivity index (χ1n) is 6.03. The Morgan fingerprint density at radius 2 is 2.39 bits per heavy atom. The minimum atomic E-state index is -0.164. The van der Waals surface area contributed by atoms with E-state index < -0.39 is 0 Å². The van der Waals surface area contributed by atoms with Gasteiger partial charge in [-0.05, 0) is 36.1 Å². The van der Waals surface area contributed by atoms with Gasteiger partial charge in [-0.25, -0.2) is 4.39 Å². The molecule has 1 unspecified atom stereocenters. The maximum absolute atomic E-state index is 13.1. The summed E-state index contributed by atoms with van der Waals surface area (Å²) >= 11 is 0. The van der Waals surface area contributed by atoms with E-state index in [0.29, 0.717) is 18.3 Å². The number of benzene rings is 1. The fourth-order valence-electron chi connectivity index (χ4n) is 2.43. The predicted octanol–water partition coefficient (Wildman–Crippen LogP) is 2.29. The standard InChI is InChI=1S/C13H14FN3O/c1-8-16-13(17-18-8)7-15-12-5-2-9-6-10(14)3-4-11(9)12/h3-4,6,12,15H,2,5,7H2,1H3. The summed E-state index contributed by atoms with van der Waals surface area (Å²) in [5, 5.41) is 7.22. The smallest absolute Gasteiger partial charge is 0.223 e. The van der Waals surface area contributed by atoms with Crippen LogP contribution in [-0.2, 0) is 13.0 Å². The van der Waals surface area contributed by atoms with Crippen molar-refractivity contribution in [1.82, 2.24) is 15.5 Å². The fraction of sp³-hybridized carbons (Fsp3) is 0.385. The molecular formula is C13H14FN3O. The Kier molecular flexibility index (Phi) is 2.83. The van der Waals surface area contributed by atoms with E-state index in [4.69, 9.17) is 4.52 Å². The quantitative estimate of drug-likeness (QED) is 0.904. The predicted molar refractivity (Wildman–Crippen MR) is 63.3 cm³/mol. The minimum Gasteiger partial charge on any atom is -0.340 e. The van der Waals surface area contributed by atoms with Crippen LogP contribution in [0.15, 0.2) is 22.7 Å². The molecule has 1 atom stereocenters. The van der Waals surface area contributed by atoms with E-state index in [2.05, 4.69) is 15.5 Å². The van der Waals surface area contributed by atoms with Crippen LogP contribution in [0.2, 0.25) is 0 Å². The van der Waals surface area contributed by atoms with E-state index in [1.54, 1.807) is 13.0 Å². The third kappa shape index (κ3) is 2.13. The molecule has 1 aromatic heterocycles. The van der Waals surface area contributed by atoms with Gasteiger partial charge in [0.25, 0.3) is 0 Å². The van der Waals surface area contributed by atoms with E-state index in [1.165, 1.54) is 11.6 Å². The monoisotopic (exact) mass is 247 g/mol. The number of nitrogens with zero attached hydrogens (tertiary/aromatic N) is 2. The van der Waals surface area contributed by atoms with Crippen molar-refractivity contribution in [2.75, 3.05) is 0 Å². The molecule has 0 radical (unpaired) electrons. The molecule has 4 nitrogen and oxygen atoms in total. The normalized spacial score (nSPS) is 18.0. The van der Waals surface area contributed by atoms with Crippen molar-refractivity contribution in [2.24, 2.45) is 0 Å². The second kappa shape index (κ2) is 4.49. The summed E-state index contributed by atoms with van der Waals surface area (Å²) in [4.78, 5) is 4.14. The number of halogens is 1. The van der Waals surface area contributed by atoms with Crippen molar-refractivity contribution in [1.29, 1.82) is 0 Å². The van der Waals surface area contributed by atoms with Gasteiger partial charge in [-0.1, -0.05) is 11.2 Å². The van der Waals surface area contributed by atoms with Gasteiger partial charge in [0.15, 0.2) is 5.82 Å². The lowest BCUT2D eigenvalue weighted by atomic mass is 10.1. The van der Waals surface area contributed by atoms with Crippen LogP contribution in [0.3, 0.4) is 0 Å². The molecule has 1 aromatic carbocycles. The highest BCUT2D eigenvalue weighted by Gasteiger charge is 2.22. The van der Waals surface area contributed by atoms with Crippen molar-refractivity contribution < 1.29 is 8.91 Å². The summed E-state index contributed by atoms with van der Waals surface area (Å²) in [6.45, 7) is 2.34. The molecule has 0 spiro atoms. The number of aromatic nitrogens is 2. The Balaban J connectivity index is 1.69. The first kappa shape index (κ1) is 11.3. The Labute approximate surface area is 104 Å². The lowest BCUT2D eigenvalue weighted by Gasteiger charge is -2.12. The number of hydrogen-bond donors (Lipinski definition) is 1. The fourth-order valence-corrected chi connectivity index (χ4v) is 2.43. The summed E-state index contributed by atoms with van der Waals surface area (Å²) in [6, 6.07) is 5.24. The molecule has 1 N–H and O–H groups in total. The van der Waals surface area contributed by atoms with Crippen molar-refractivity contribution in [3.63, 3.8) is 0 Å².